The maximum absolute atomic E-state index is 13.3. The summed E-state index contributed by atoms with van der Waals surface area (Å²) in [7, 11) is -3.78. The van der Waals surface area contributed by atoms with Gasteiger partial charge >= 0.3 is 0 Å². The van der Waals surface area contributed by atoms with E-state index < -0.39 is 21.5 Å². The molecule has 2 fully saturated rings. The Hall–Kier alpha value is -3.33. The molecule has 1 unspecified atom stereocenters. The number of likely N-dealkylation sites (tertiary alicyclic amines) is 1. The number of nitrogens with zero attached hydrogens (tertiary/aromatic N) is 4. The number of nitrogens with two attached hydrogens (primary N) is 2. The van der Waals surface area contributed by atoms with Gasteiger partial charge in [-0.05, 0) is 50.3 Å². The first-order chi connectivity index (χ1) is 19.1. The topological polar surface area (TPSA) is 195 Å². The lowest BCUT2D eigenvalue weighted by atomic mass is 9.86. The maximum Gasteiger partial charge on any atom is 0.279 e. The zero-order valence-electron chi connectivity index (χ0n) is 21.7. The Labute approximate surface area is 236 Å². The van der Waals surface area contributed by atoms with Crippen molar-refractivity contribution in [3.63, 3.8) is 0 Å². The molecule has 4 heterocycles. The van der Waals surface area contributed by atoms with Crippen molar-refractivity contribution >= 4 is 50.9 Å². The van der Waals surface area contributed by atoms with E-state index >= 15 is 0 Å². The summed E-state index contributed by atoms with van der Waals surface area (Å²) >= 11 is 5.88. The monoisotopic (exact) mass is 590 g/mol. The number of aromatic nitrogens is 2. The first-order valence-electron chi connectivity index (χ1n) is 13.0. The summed E-state index contributed by atoms with van der Waals surface area (Å²) in [6, 6.07) is 6.07. The van der Waals surface area contributed by atoms with Crippen molar-refractivity contribution in [3.05, 3.63) is 40.7 Å². The summed E-state index contributed by atoms with van der Waals surface area (Å²) in [4.78, 5) is 40.2. The zero-order valence-corrected chi connectivity index (χ0v) is 23.3. The zero-order chi connectivity index (χ0) is 28.5. The highest BCUT2D eigenvalue weighted by Crippen LogP contribution is 2.36. The molecule has 0 radical (unpaired) electrons. The normalized spacial score (nSPS) is 20.5. The van der Waals surface area contributed by atoms with Crippen molar-refractivity contribution in [2.75, 3.05) is 37.7 Å². The van der Waals surface area contributed by atoms with Gasteiger partial charge in [0, 0.05) is 38.2 Å². The third kappa shape index (κ3) is 6.04. The first kappa shape index (κ1) is 28.2. The van der Waals surface area contributed by atoms with Crippen molar-refractivity contribution < 1.29 is 22.7 Å². The van der Waals surface area contributed by atoms with Gasteiger partial charge in [-0.15, -0.1) is 0 Å². The number of hydrogen-bond acceptors (Lipinski definition) is 10. The van der Waals surface area contributed by atoms with Crippen molar-refractivity contribution in [3.8, 4) is 0 Å². The number of carbonyl (C=O) groups excluding carboxylic acids is 2. The fraction of sp³-hybridized carbons (Fsp3) is 0.480. The van der Waals surface area contributed by atoms with E-state index in [-0.39, 0.29) is 45.9 Å². The first-order valence-corrected chi connectivity index (χ1v) is 14.9. The van der Waals surface area contributed by atoms with Crippen LogP contribution >= 0.6 is 11.6 Å². The molecular weight excluding hydrogens is 560 g/mol. The SMILES string of the molecule is Nc1nc(N)c(C(=O)NC2=NC3(CC2)CCN(C(=O)c2cccc(S(=O)(=O)NCC4CCCO4)c2)CC3)nc1Cl. The van der Waals surface area contributed by atoms with E-state index in [1.807, 2.05) is 0 Å². The van der Waals surface area contributed by atoms with E-state index in [0.717, 1.165) is 19.3 Å². The number of halogens is 1. The maximum atomic E-state index is 13.3. The lowest BCUT2D eigenvalue weighted by Crippen LogP contribution is -2.45. The van der Waals surface area contributed by atoms with Crippen LogP contribution in [-0.4, -0.2) is 78.8 Å². The molecule has 1 atom stereocenters. The second-order valence-corrected chi connectivity index (χ2v) is 12.3. The number of anilines is 2. The molecule has 0 saturated carbocycles. The molecule has 1 aromatic carbocycles. The largest absolute Gasteiger partial charge is 0.382 e. The molecule has 1 spiro atoms. The van der Waals surface area contributed by atoms with Crippen molar-refractivity contribution in [1.82, 2.24) is 24.9 Å². The van der Waals surface area contributed by atoms with E-state index in [0.29, 0.717) is 50.4 Å². The van der Waals surface area contributed by atoms with Gasteiger partial charge in [-0.3, -0.25) is 14.6 Å². The molecule has 2 aromatic rings. The Kier molecular flexibility index (Phi) is 7.95. The van der Waals surface area contributed by atoms with Crippen LogP contribution in [0, 0.1) is 0 Å². The highest BCUT2D eigenvalue weighted by molar-refractivity contribution is 7.89. The number of rotatable bonds is 6. The van der Waals surface area contributed by atoms with Crippen LogP contribution in [0.4, 0.5) is 11.6 Å². The molecule has 0 aliphatic carbocycles. The van der Waals surface area contributed by atoms with E-state index in [2.05, 4.69) is 20.0 Å². The summed E-state index contributed by atoms with van der Waals surface area (Å²) in [6.45, 7) is 1.73. The average Bonchev–Trinajstić information content (AvgIpc) is 3.60. The quantitative estimate of drug-likeness (QED) is 0.384. The van der Waals surface area contributed by atoms with Gasteiger partial charge in [0.15, 0.2) is 22.5 Å². The molecule has 1 aromatic heterocycles. The summed E-state index contributed by atoms with van der Waals surface area (Å²) in [6.07, 6.45) is 4.08. The predicted molar refractivity (Wildman–Crippen MR) is 148 cm³/mol. The third-order valence-corrected chi connectivity index (χ3v) is 9.17. The number of benzene rings is 1. The molecule has 15 heteroatoms. The van der Waals surface area contributed by atoms with Gasteiger partial charge in [0.05, 0.1) is 16.5 Å². The number of nitrogens with one attached hydrogen (secondary N) is 2. The molecule has 5 rings (SSSR count). The van der Waals surface area contributed by atoms with Crippen LogP contribution in [-0.2, 0) is 14.8 Å². The van der Waals surface area contributed by atoms with Crippen LogP contribution in [0.1, 0.15) is 59.4 Å². The molecule has 3 aliphatic rings. The number of hydrogen-bond donors (Lipinski definition) is 4. The number of piperidine rings is 1. The number of nitrogen functional groups attached to an aromatic ring is 2. The number of ether oxygens (including phenoxy) is 1. The van der Waals surface area contributed by atoms with Crippen LogP contribution in [0.5, 0.6) is 0 Å². The summed E-state index contributed by atoms with van der Waals surface area (Å²) in [5, 5.41) is 2.63. The van der Waals surface area contributed by atoms with E-state index in [1.165, 1.54) is 12.1 Å². The highest BCUT2D eigenvalue weighted by atomic mass is 35.5. The standard InChI is InChI=1S/C25H31ClN8O5S/c26-20-22(28)32-21(27)19(31-20)23(35)30-18-6-7-25(33-18)8-10-34(11-9-25)24(36)15-3-1-5-17(13-15)40(37,38)29-14-16-4-2-12-39-16/h1,3,5,13,16,29H,2,4,6-12,14H2,(H4,27,28,32)(H,30,33,35). The summed E-state index contributed by atoms with van der Waals surface area (Å²) in [5.41, 5.74) is 11.1. The average molecular weight is 591 g/mol. The van der Waals surface area contributed by atoms with Crippen molar-refractivity contribution in [2.45, 2.75) is 55.1 Å². The van der Waals surface area contributed by atoms with Crippen LogP contribution in [0.15, 0.2) is 34.2 Å². The van der Waals surface area contributed by atoms with Gasteiger partial charge in [0.25, 0.3) is 11.8 Å². The molecule has 13 nitrogen and oxygen atoms in total. The minimum absolute atomic E-state index is 0.0401. The molecular formula is C25H31ClN8O5S. The molecule has 6 N–H and O–H groups in total. The fourth-order valence-electron chi connectivity index (χ4n) is 5.20. The Morgan fingerprint density at radius 2 is 1.93 bits per heavy atom. The minimum atomic E-state index is -3.78. The van der Waals surface area contributed by atoms with Crippen molar-refractivity contribution in [1.29, 1.82) is 0 Å². The van der Waals surface area contributed by atoms with Crippen LogP contribution < -0.4 is 21.5 Å². The number of amides is 2. The molecule has 0 bridgehead atoms. The number of carbonyl (C=O) groups is 2. The Bertz CT molecular complexity index is 1450. The van der Waals surface area contributed by atoms with Gasteiger partial charge in [-0.1, -0.05) is 17.7 Å². The number of sulfonamides is 1. The van der Waals surface area contributed by atoms with Crippen molar-refractivity contribution in [2.24, 2.45) is 4.99 Å². The number of aliphatic imine (C=N–C) groups is 1. The lowest BCUT2D eigenvalue weighted by molar-refractivity contribution is 0.0672. The highest BCUT2D eigenvalue weighted by Gasteiger charge is 2.40. The Morgan fingerprint density at radius 3 is 2.65 bits per heavy atom. The van der Waals surface area contributed by atoms with Gasteiger partial charge < -0.3 is 26.4 Å². The molecule has 214 valence electrons. The Balaban J connectivity index is 1.19. The molecule has 2 saturated heterocycles. The smallest absolute Gasteiger partial charge is 0.279 e. The second-order valence-electron chi connectivity index (χ2n) is 10.2. The minimum Gasteiger partial charge on any atom is -0.382 e. The van der Waals surface area contributed by atoms with Crippen LogP contribution in [0.25, 0.3) is 0 Å². The number of amidine groups is 1. The van der Waals surface area contributed by atoms with Gasteiger partial charge in [-0.25, -0.2) is 23.1 Å². The second kappa shape index (κ2) is 11.3. The van der Waals surface area contributed by atoms with E-state index in [1.54, 1.807) is 17.0 Å². The van der Waals surface area contributed by atoms with Crippen LogP contribution in [0.3, 0.4) is 0 Å². The lowest BCUT2D eigenvalue weighted by Gasteiger charge is -2.37. The summed E-state index contributed by atoms with van der Waals surface area (Å²) in [5.74, 6) is -0.498. The van der Waals surface area contributed by atoms with Gasteiger partial charge in [-0.2, -0.15) is 0 Å². The predicted octanol–water partition coefficient (Wildman–Crippen LogP) is 1.35. The molecule has 3 aliphatic heterocycles. The fourth-order valence-corrected chi connectivity index (χ4v) is 6.44. The van der Waals surface area contributed by atoms with E-state index in [4.69, 9.17) is 32.8 Å². The molecule has 2 amide bonds. The Morgan fingerprint density at radius 1 is 1.15 bits per heavy atom. The third-order valence-electron chi connectivity index (χ3n) is 7.47. The van der Waals surface area contributed by atoms with Gasteiger partial charge in [0.2, 0.25) is 10.0 Å². The van der Waals surface area contributed by atoms with Crippen LogP contribution in [0.2, 0.25) is 5.15 Å². The van der Waals surface area contributed by atoms with E-state index in [9.17, 15) is 18.0 Å². The summed E-state index contributed by atoms with van der Waals surface area (Å²) < 4.78 is 33.7. The van der Waals surface area contributed by atoms with Gasteiger partial charge in [0.1, 0.15) is 5.84 Å². The molecule has 40 heavy (non-hydrogen) atoms.